The first-order chi connectivity index (χ1) is 10.3. The molecule has 0 unspecified atom stereocenters. The maximum Gasteiger partial charge on any atom is 0.213 e. The summed E-state index contributed by atoms with van der Waals surface area (Å²) >= 11 is 5.94. The highest BCUT2D eigenvalue weighted by molar-refractivity contribution is 7.89. The van der Waals surface area contributed by atoms with Gasteiger partial charge in [0.25, 0.3) is 0 Å². The van der Waals surface area contributed by atoms with Crippen LogP contribution in [0.4, 0.5) is 0 Å². The molecule has 1 heterocycles. The van der Waals surface area contributed by atoms with Crippen molar-refractivity contribution < 1.29 is 8.42 Å². The van der Waals surface area contributed by atoms with Crippen molar-refractivity contribution >= 4 is 21.6 Å². The highest BCUT2D eigenvalue weighted by Gasteiger charge is 2.14. The van der Waals surface area contributed by atoms with E-state index < -0.39 is 10.0 Å². The van der Waals surface area contributed by atoms with E-state index in [1.165, 1.54) is 18.4 Å². The van der Waals surface area contributed by atoms with Gasteiger partial charge in [0.05, 0.1) is 18.0 Å². The van der Waals surface area contributed by atoms with Crippen LogP contribution >= 0.6 is 11.6 Å². The lowest BCUT2D eigenvalue weighted by Gasteiger charge is -2.09. The van der Waals surface area contributed by atoms with Gasteiger partial charge in [0, 0.05) is 31.7 Å². The molecule has 1 aromatic carbocycles. The van der Waals surface area contributed by atoms with Crippen molar-refractivity contribution in [1.29, 1.82) is 0 Å². The molecule has 0 spiro atoms. The topological polar surface area (TPSA) is 68.1 Å². The number of aromatic nitrogens is 3. The predicted molar refractivity (Wildman–Crippen MR) is 86.5 cm³/mol. The molecule has 1 aromatic heterocycles. The lowest BCUT2D eigenvalue weighted by Crippen LogP contribution is -2.26. The van der Waals surface area contributed by atoms with Gasteiger partial charge in [-0.1, -0.05) is 22.9 Å². The van der Waals surface area contributed by atoms with Crippen LogP contribution in [0.1, 0.15) is 16.8 Å². The Morgan fingerprint density at radius 1 is 1.32 bits per heavy atom. The Kier molecular flexibility index (Phi) is 5.20. The fourth-order valence-electron chi connectivity index (χ4n) is 1.96. The first-order valence-corrected chi connectivity index (χ1v) is 8.81. The van der Waals surface area contributed by atoms with Gasteiger partial charge in [0.1, 0.15) is 0 Å². The van der Waals surface area contributed by atoms with E-state index in [9.17, 15) is 8.42 Å². The zero-order valence-electron chi connectivity index (χ0n) is 12.8. The Bertz CT molecular complexity index is 756. The summed E-state index contributed by atoms with van der Waals surface area (Å²) in [6.45, 7) is 2.57. The molecule has 0 aliphatic carbocycles. The molecule has 0 saturated heterocycles. The van der Waals surface area contributed by atoms with Crippen molar-refractivity contribution in [2.75, 3.05) is 19.8 Å². The Morgan fingerprint density at radius 3 is 2.68 bits per heavy atom. The van der Waals surface area contributed by atoms with Gasteiger partial charge in [-0.25, -0.2) is 17.4 Å². The summed E-state index contributed by atoms with van der Waals surface area (Å²) in [6.07, 6.45) is 2.12. The Hall–Kier alpha value is -1.44. The molecule has 22 heavy (non-hydrogen) atoms. The molecule has 2 rings (SSSR count). The summed E-state index contributed by atoms with van der Waals surface area (Å²) in [5.74, 6) is 0.0265. The van der Waals surface area contributed by atoms with Crippen LogP contribution in [0.5, 0.6) is 0 Å². The quantitative estimate of drug-likeness (QED) is 0.801. The van der Waals surface area contributed by atoms with Crippen LogP contribution in [-0.4, -0.2) is 47.6 Å². The van der Waals surface area contributed by atoms with Gasteiger partial charge in [-0.2, -0.15) is 0 Å². The van der Waals surface area contributed by atoms with Crippen LogP contribution in [0.2, 0.25) is 5.02 Å². The number of hydrogen-bond donors (Lipinski definition) is 0. The van der Waals surface area contributed by atoms with Crippen LogP contribution in [0.3, 0.4) is 0 Å². The van der Waals surface area contributed by atoms with E-state index in [0.717, 1.165) is 11.1 Å². The van der Waals surface area contributed by atoms with Crippen LogP contribution in [-0.2, 0) is 23.0 Å². The van der Waals surface area contributed by atoms with Crippen LogP contribution < -0.4 is 0 Å². The summed E-state index contributed by atoms with van der Waals surface area (Å²) in [6, 6.07) is 5.69. The van der Waals surface area contributed by atoms with Crippen molar-refractivity contribution in [2.45, 2.75) is 19.9 Å². The van der Waals surface area contributed by atoms with Crippen molar-refractivity contribution in [1.82, 2.24) is 19.3 Å². The summed E-state index contributed by atoms with van der Waals surface area (Å²) in [5.41, 5.74) is 2.85. The monoisotopic (exact) mass is 342 g/mol. The number of halogens is 1. The smallest absolute Gasteiger partial charge is 0.213 e. The number of rotatable bonds is 6. The maximum absolute atomic E-state index is 11.7. The van der Waals surface area contributed by atoms with E-state index >= 15 is 0 Å². The second-order valence-electron chi connectivity index (χ2n) is 5.33. The minimum Gasteiger partial charge on any atom is -0.248 e. The minimum atomic E-state index is -3.22. The molecule has 0 aliphatic rings. The van der Waals surface area contributed by atoms with E-state index in [-0.39, 0.29) is 5.75 Å². The first-order valence-electron chi connectivity index (χ1n) is 6.82. The van der Waals surface area contributed by atoms with Crippen LogP contribution in [0, 0.1) is 6.92 Å². The van der Waals surface area contributed by atoms with E-state index in [1.807, 2.05) is 25.1 Å². The number of hydrogen-bond acceptors (Lipinski definition) is 4. The van der Waals surface area contributed by atoms with Crippen molar-refractivity contribution in [3.63, 3.8) is 0 Å². The van der Waals surface area contributed by atoms with Gasteiger partial charge in [0.15, 0.2) is 0 Å². The Labute approximate surface area is 135 Å². The van der Waals surface area contributed by atoms with E-state index in [4.69, 9.17) is 11.6 Å². The summed E-state index contributed by atoms with van der Waals surface area (Å²) in [4.78, 5) is 0. The fourth-order valence-corrected chi connectivity index (χ4v) is 3.02. The predicted octanol–water partition coefficient (Wildman–Crippen LogP) is 1.72. The third kappa shape index (κ3) is 4.28. The average molecular weight is 343 g/mol. The zero-order chi connectivity index (χ0) is 16.3. The van der Waals surface area contributed by atoms with Crippen LogP contribution in [0.15, 0.2) is 24.4 Å². The molecule has 0 atom stereocenters. The third-order valence-corrected chi connectivity index (χ3v) is 5.46. The molecule has 120 valence electrons. The molecule has 2 aromatic rings. The summed E-state index contributed by atoms with van der Waals surface area (Å²) in [7, 11) is -0.169. The molecular weight excluding hydrogens is 324 g/mol. The van der Waals surface area contributed by atoms with Gasteiger partial charge < -0.3 is 0 Å². The maximum atomic E-state index is 11.7. The number of sulfonamides is 1. The molecule has 6 nitrogen and oxygen atoms in total. The lowest BCUT2D eigenvalue weighted by molar-refractivity contribution is 0.520. The first kappa shape index (κ1) is 16.9. The van der Waals surface area contributed by atoms with Crippen molar-refractivity contribution in [3.05, 3.63) is 46.2 Å². The molecule has 0 bridgehead atoms. The van der Waals surface area contributed by atoms with Gasteiger partial charge in [-0.05, 0) is 30.2 Å². The number of aryl methyl sites for hydroxylation is 2. The molecule has 0 aliphatic heterocycles. The molecule has 0 amide bonds. The number of nitrogens with zero attached hydrogens (tertiary/aromatic N) is 4. The van der Waals surface area contributed by atoms with Gasteiger partial charge in [0.2, 0.25) is 10.0 Å². The van der Waals surface area contributed by atoms with Gasteiger partial charge in [-0.3, -0.25) is 0 Å². The standard InChI is InChI=1S/C14H19ClN4O2S/c1-11-8-13(15)5-4-12(11)9-19-10-14(16-17-19)6-7-22(20,21)18(2)3/h4-5,8,10H,6-7,9H2,1-3H3. The summed E-state index contributed by atoms with van der Waals surface area (Å²) < 4.78 is 26.4. The largest absolute Gasteiger partial charge is 0.248 e. The van der Waals surface area contributed by atoms with Gasteiger partial charge >= 0.3 is 0 Å². The highest BCUT2D eigenvalue weighted by Crippen LogP contribution is 2.16. The fraction of sp³-hybridized carbons (Fsp3) is 0.429. The number of benzene rings is 1. The van der Waals surface area contributed by atoms with Crippen molar-refractivity contribution in [3.8, 4) is 0 Å². The van der Waals surface area contributed by atoms with E-state index in [2.05, 4.69) is 10.3 Å². The minimum absolute atomic E-state index is 0.0265. The molecular formula is C14H19ClN4O2S. The third-order valence-electron chi connectivity index (χ3n) is 3.40. The highest BCUT2D eigenvalue weighted by atomic mass is 35.5. The normalized spacial score (nSPS) is 12.0. The second kappa shape index (κ2) is 6.76. The van der Waals surface area contributed by atoms with Gasteiger partial charge in [-0.15, -0.1) is 5.10 Å². The second-order valence-corrected chi connectivity index (χ2v) is 8.07. The van der Waals surface area contributed by atoms with E-state index in [0.29, 0.717) is 23.7 Å². The zero-order valence-corrected chi connectivity index (χ0v) is 14.4. The van der Waals surface area contributed by atoms with Crippen molar-refractivity contribution in [2.24, 2.45) is 0 Å². The molecule has 8 heteroatoms. The lowest BCUT2D eigenvalue weighted by atomic mass is 10.1. The molecule has 0 saturated carbocycles. The van der Waals surface area contributed by atoms with E-state index in [1.54, 1.807) is 10.9 Å². The average Bonchev–Trinajstić information content (AvgIpc) is 2.87. The Balaban J connectivity index is 2.03. The SMILES string of the molecule is Cc1cc(Cl)ccc1Cn1cc(CCS(=O)(=O)N(C)C)nn1. The molecule has 0 radical (unpaired) electrons. The molecule has 0 N–H and O–H groups in total. The Morgan fingerprint density at radius 2 is 2.05 bits per heavy atom. The van der Waals surface area contributed by atoms with Crippen LogP contribution in [0.25, 0.3) is 0 Å². The molecule has 0 fully saturated rings. The summed E-state index contributed by atoms with van der Waals surface area (Å²) in [5, 5.41) is 8.77.